The third-order valence-electron chi connectivity index (χ3n) is 4.09. The molecule has 0 N–H and O–H groups in total. The van der Waals surface area contributed by atoms with Crippen LogP contribution in [0, 0.1) is 0 Å². The zero-order valence-corrected chi connectivity index (χ0v) is 12.5. The maximum Gasteiger partial charge on any atom is 0.272 e. The third kappa shape index (κ3) is 3.19. The average Bonchev–Trinajstić information content (AvgIpc) is 2.62. The molecular formula is C15H20N4O3. The number of pyridine rings is 1. The van der Waals surface area contributed by atoms with Crippen LogP contribution in [0.5, 0.6) is 0 Å². The van der Waals surface area contributed by atoms with Crippen LogP contribution in [-0.2, 0) is 9.53 Å². The Bertz CT molecular complexity index is 537. The van der Waals surface area contributed by atoms with Crippen LogP contribution in [-0.4, -0.2) is 79.6 Å². The second-order valence-corrected chi connectivity index (χ2v) is 5.43. The minimum absolute atomic E-state index is 0.0688. The fraction of sp³-hybridized carbons (Fsp3) is 0.533. The Morgan fingerprint density at radius 3 is 2.55 bits per heavy atom. The summed E-state index contributed by atoms with van der Waals surface area (Å²) in [6.45, 7) is 5.35. The van der Waals surface area contributed by atoms with E-state index in [2.05, 4.69) is 9.88 Å². The van der Waals surface area contributed by atoms with Gasteiger partial charge in [0, 0.05) is 51.2 Å². The van der Waals surface area contributed by atoms with E-state index in [1.165, 1.54) is 0 Å². The molecule has 3 heterocycles. The maximum absolute atomic E-state index is 12.5. The lowest BCUT2D eigenvalue weighted by Crippen LogP contribution is -2.48. The van der Waals surface area contributed by atoms with Crippen molar-refractivity contribution in [2.75, 3.05) is 57.4 Å². The van der Waals surface area contributed by atoms with Gasteiger partial charge in [0.25, 0.3) is 5.91 Å². The second kappa shape index (κ2) is 6.74. The van der Waals surface area contributed by atoms with E-state index in [0.29, 0.717) is 45.1 Å². The molecule has 0 aromatic carbocycles. The molecule has 2 amide bonds. The zero-order valence-electron chi connectivity index (χ0n) is 12.5. The number of aromatic nitrogens is 1. The molecule has 0 aliphatic carbocycles. The molecule has 2 saturated heterocycles. The number of nitrogens with zero attached hydrogens (tertiary/aromatic N) is 4. The Balaban J connectivity index is 1.69. The van der Waals surface area contributed by atoms with E-state index in [1.807, 2.05) is 12.1 Å². The van der Waals surface area contributed by atoms with Gasteiger partial charge in [-0.1, -0.05) is 0 Å². The first kappa shape index (κ1) is 14.8. The Hall–Kier alpha value is -2.15. The van der Waals surface area contributed by atoms with Crippen molar-refractivity contribution in [2.24, 2.45) is 0 Å². The quantitative estimate of drug-likeness (QED) is 0.726. The smallest absolute Gasteiger partial charge is 0.272 e. The first-order chi connectivity index (χ1) is 10.8. The number of hydrogen-bond donors (Lipinski definition) is 0. The summed E-state index contributed by atoms with van der Waals surface area (Å²) in [4.78, 5) is 33.1. The molecule has 7 nitrogen and oxygen atoms in total. The van der Waals surface area contributed by atoms with Crippen LogP contribution < -0.4 is 4.90 Å². The summed E-state index contributed by atoms with van der Waals surface area (Å²) in [6, 6.07) is 3.77. The summed E-state index contributed by atoms with van der Waals surface area (Å²) in [5.74, 6) is -0.0688. The summed E-state index contributed by atoms with van der Waals surface area (Å²) in [5.41, 5.74) is 1.47. The lowest BCUT2D eigenvalue weighted by Gasteiger charge is -2.32. The summed E-state index contributed by atoms with van der Waals surface area (Å²) in [7, 11) is 0. The van der Waals surface area contributed by atoms with Crippen molar-refractivity contribution >= 4 is 18.0 Å². The van der Waals surface area contributed by atoms with Crippen LogP contribution in [0.15, 0.2) is 18.3 Å². The Morgan fingerprint density at radius 2 is 1.86 bits per heavy atom. The van der Waals surface area contributed by atoms with Gasteiger partial charge in [-0.05, 0) is 12.1 Å². The molecule has 0 radical (unpaired) electrons. The van der Waals surface area contributed by atoms with Gasteiger partial charge in [-0.25, -0.2) is 0 Å². The van der Waals surface area contributed by atoms with Gasteiger partial charge in [0.2, 0.25) is 6.41 Å². The summed E-state index contributed by atoms with van der Waals surface area (Å²) < 4.78 is 5.35. The highest BCUT2D eigenvalue weighted by molar-refractivity contribution is 5.93. The molecule has 2 aliphatic heterocycles. The van der Waals surface area contributed by atoms with Gasteiger partial charge in [-0.15, -0.1) is 0 Å². The van der Waals surface area contributed by atoms with Crippen molar-refractivity contribution in [1.29, 1.82) is 0 Å². The molecule has 1 aromatic heterocycles. The van der Waals surface area contributed by atoms with Gasteiger partial charge < -0.3 is 19.4 Å². The van der Waals surface area contributed by atoms with Crippen molar-refractivity contribution < 1.29 is 14.3 Å². The predicted molar refractivity (Wildman–Crippen MR) is 80.8 cm³/mol. The first-order valence-electron chi connectivity index (χ1n) is 7.55. The van der Waals surface area contributed by atoms with Gasteiger partial charge in [0.1, 0.15) is 5.69 Å². The van der Waals surface area contributed by atoms with E-state index in [4.69, 9.17) is 4.74 Å². The van der Waals surface area contributed by atoms with Crippen molar-refractivity contribution in [3.63, 3.8) is 0 Å². The number of anilines is 1. The summed E-state index contributed by atoms with van der Waals surface area (Å²) in [6.07, 6.45) is 2.51. The molecule has 7 heteroatoms. The predicted octanol–water partition coefficient (Wildman–Crippen LogP) is -0.168. The second-order valence-electron chi connectivity index (χ2n) is 5.43. The van der Waals surface area contributed by atoms with Crippen molar-refractivity contribution in [3.8, 4) is 0 Å². The SMILES string of the molecule is O=CN1CCN(C(=O)c2cc(N3CCOCC3)ccn2)CC1. The summed E-state index contributed by atoms with van der Waals surface area (Å²) >= 11 is 0. The third-order valence-corrected chi connectivity index (χ3v) is 4.09. The fourth-order valence-electron chi connectivity index (χ4n) is 2.75. The largest absolute Gasteiger partial charge is 0.378 e. The van der Waals surface area contributed by atoms with E-state index < -0.39 is 0 Å². The zero-order chi connectivity index (χ0) is 15.4. The van der Waals surface area contributed by atoms with Crippen LogP contribution >= 0.6 is 0 Å². The van der Waals surface area contributed by atoms with Crippen LogP contribution in [0.4, 0.5) is 5.69 Å². The number of ether oxygens (including phenoxy) is 1. The molecule has 2 aliphatic rings. The lowest BCUT2D eigenvalue weighted by atomic mass is 10.2. The Labute approximate surface area is 129 Å². The van der Waals surface area contributed by atoms with Gasteiger partial charge in [0.05, 0.1) is 13.2 Å². The van der Waals surface area contributed by atoms with Crippen molar-refractivity contribution in [1.82, 2.24) is 14.8 Å². The van der Waals surface area contributed by atoms with E-state index in [-0.39, 0.29) is 5.91 Å². The molecule has 118 valence electrons. The maximum atomic E-state index is 12.5. The van der Waals surface area contributed by atoms with E-state index >= 15 is 0 Å². The molecule has 22 heavy (non-hydrogen) atoms. The van der Waals surface area contributed by atoms with Gasteiger partial charge >= 0.3 is 0 Å². The molecule has 0 spiro atoms. The highest BCUT2D eigenvalue weighted by Gasteiger charge is 2.23. The van der Waals surface area contributed by atoms with Crippen molar-refractivity contribution in [2.45, 2.75) is 0 Å². The molecule has 0 atom stereocenters. The summed E-state index contributed by atoms with van der Waals surface area (Å²) in [5, 5.41) is 0. The topological polar surface area (TPSA) is 66.0 Å². The van der Waals surface area contributed by atoms with Crippen LogP contribution in [0.3, 0.4) is 0 Å². The highest BCUT2D eigenvalue weighted by atomic mass is 16.5. The van der Waals surface area contributed by atoms with E-state index in [9.17, 15) is 9.59 Å². The van der Waals surface area contributed by atoms with Crippen LogP contribution in [0.1, 0.15) is 10.5 Å². The number of piperazine rings is 1. The van der Waals surface area contributed by atoms with E-state index in [1.54, 1.807) is 16.0 Å². The number of morpholine rings is 1. The number of rotatable bonds is 3. The molecule has 1 aromatic rings. The molecule has 0 saturated carbocycles. The minimum atomic E-state index is -0.0688. The Morgan fingerprint density at radius 1 is 1.14 bits per heavy atom. The van der Waals surface area contributed by atoms with Crippen molar-refractivity contribution in [3.05, 3.63) is 24.0 Å². The first-order valence-corrected chi connectivity index (χ1v) is 7.55. The fourth-order valence-corrected chi connectivity index (χ4v) is 2.75. The molecule has 3 rings (SSSR count). The molecule has 2 fully saturated rings. The van der Waals surface area contributed by atoms with E-state index in [0.717, 1.165) is 25.2 Å². The van der Waals surface area contributed by atoms with Gasteiger partial charge in [0.15, 0.2) is 0 Å². The number of carbonyl (C=O) groups is 2. The standard InChI is InChI=1S/C15H20N4O3/c20-12-17-3-5-19(6-4-17)15(21)14-11-13(1-2-16-14)18-7-9-22-10-8-18/h1-2,11-12H,3-10H2. The van der Waals surface area contributed by atoms with Crippen LogP contribution in [0.25, 0.3) is 0 Å². The highest BCUT2D eigenvalue weighted by Crippen LogP contribution is 2.17. The monoisotopic (exact) mass is 304 g/mol. The average molecular weight is 304 g/mol. The van der Waals surface area contributed by atoms with Gasteiger partial charge in [-0.2, -0.15) is 0 Å². The molecule has 0 bridgehead atoms. The lowest BCUT2D eigenvalue weighted by molar-refractivity contribution is -0.119. The normalized spacial score (nSPS) is 19.2. The van der Waals surface area contributed by atoms with Gasteiger partial charge in [-0.3, -0.25) is 14.6 Å². The molecule has 0 unspecified atom stereocenters. The minimum Gasteiger partial charge on any atom is -0.378 e. The number of carbonyl (C=O) groups excluding carboxylic acids is 2. The van der Waals surface area contributed by atoms with Crippen LogP contribution in [0.2, 0.25) is 0 Å². The Kier molecular flexibility index (Phi) is 4.53. The number of hydrogen-bond acceptors (Lipinski definition) is 5. The molecular weight excluding hydrogens is 284 g/mol. The number of amides is 2.